The summed E-state index contributed by atoms with van der Waals surface area (Å²) in [6.45, 7) is 0. The molecule has 0 amide bonds. The van der Waals surface area contributed by atoms with E-state index in [1.807, 2.05) is 24.3 Å². The van der Waals surface area contributed by atoms with Crippen LogP contribution in [0.5, 0.6) is 5.75 Å². The van der Waals surface area contributed by atoms with Crippen LogP contribution in [0.4, 0.5) is 5.69 Å². The van der Waals surface area contributed by atoms with E-state index < -0.39 is 0 Å². The molecule has 0 spiro atoms. The molecule has 0 unspecified atom stereocenters. The van der Waals surface area contributed by atoms with Crippen LogP contribution in [0.15, 0.2) is 35.5 Å². The van der Waals surface area contributed by atoms with E-state index in [2.05, 4.69) is 10.9 Å². The number of benzene rings is 1. The smallest absolute Gasteiger partial charge is 0.153 e. The third-order valence-electron chi connectivity index (χ3n) is 1.29. The number of para-hydroxylation sites is 2. The largest absolute Gasteiger partial charge is 0.453 e. The molecule has 0 saturated heterocycles. The van der Waals surface area contributed by atoms with Gasteiger partial charge in [0, 0.05) is 5.87 Å². The van der Waals surface area contributed by atoms with Crippen molar-refractivity contribution in [1.82, 2.24) is 0 Å². The number of ether oxygens (including phenoxy) is 1. The molecule has 1 aliphatic rings. The first-order valence-electron chi connectivity index (χ1n) is 3.00. The number of rotatable bonds is 0. The minimum atomic E-state index is 0.793. The molecule has 2 nitrogen and oxygen atoms in total. The van der Waals surface area contributed by atoms with Crippen molar-refractivity contribution in [2.24, 2.45) is 4.99 Å². The molecule has 0 fully saturated rings. The molecule has 48 valence electrons. The van der Waals surface area contributed by atoms with Crippen LogP contribution in [0, 0.1) is 0 Å². The van der Waals surface area contributed by atoms with Crippen LogP contribution in [0.3, 0.4) is 0 Å². The predicted octanol–water partition coefficient (Wildman–Crippen LogP) is 1.89. The highest BCUT2D eigenvalue weighted by Crippen LogP contribution is 2.27. The minimum Gasteiger partial charge on any atom is -0.453 e. The molecule has 0 aromatic heterocycles. The average Bonchev–Trinajstić information content (AvgIpc) is 2.05. The van der Waals surface area contributed by atoms with Crippen LogP contribution < -0.4 is 4.74 Å². The van der Waals surface area contributed by atoms with Crippen LogP contribution in [0.2, 0.25) is 0 Å². The van der Waals surface area contributed by atoms with E-state index in [1.165, 1.54) is 6.26 Å². The molecule has 1 aromatic rings. The fourth-order valence-corrected chi connectivity index (χ4v) is 0.835. The van der Waals surface area contributed by atoms with E-state index in [1.54, 1.807) is 0 Å². The van der Waals surface area contributed by atoms with Gasteiger partial charge in [-0.05, 0) is 12.1 Å². The first-order valence-corrected chi connectivity index (χ1v) is 3.00. The van der Waals surface area contributed by atoms with Crippen LogP contribution in [0.25, 0.3) is 0 Å². The van der Waals surface area contributed by atoms with Gasteiger partial charge in [-0.25, -0.2) is 0 Å². The number of nitrogens with zero attached hydrogens (tertiary/aromatic N) is 1. The second-order valence-corrected chi connectivity index (χ2v) is 1.94. The summed E-state index contributed by atoms with van der Waals surface area (Å²) >= 11 is 0. The van der Waals surface area contributed by atoms with Crippen LogP contribution in [-0.2, 0) is 0 Å². The van der Waals surface area contributed by atoms with Crippen LogP contribution >= 0.6 is 0 Å². The maximum Gasteiger partial charge on any atom is 0.153 e. The Hall–Kier alpha value is -1.53. The lowest BCUT2D eigenvalue weighted by Gasteiger charge is -2.03. The highest BCUT2D eigenvalue weighted by molar-refractivity contribution is 5.65. The molecule has 1 heterocycles. The lowest BCUT2D eigenvalue weighted by Crippen LogP contribution is -1.85. The van der Waals surface area contributed by atoms with Gasteiger partial charge in [0.1, 0.15) is 5.69 Å². The topological polar surface area (TPSA) is 21.6 Å². The molecule has 1 aliphatic heterocycles. The Morgan fingerprint density at radius 2 is 2.20 bits per heavy atom. The Kier molecular flexibility index (Phi) is 1.06. The second-order valence-electron chi connectivity index (χ2n) is 1.94. The summed E-state index contributed by atoms with van der Waals surface area (Å²) in [5.74, 6) is 3.41. The van der Waals surface area contributed by atoms with Gasteiger partial charge >= 0.3 is 0 Å². The first kappa shape index (κ1) is 5.27. The molecule has 0 N–H and O–H groups in total. The number of aliphatic imine (C=N–C) groups is 1. The molecular formula is C8H5NO. The fraction of sp³-hybridized carbons (Fsp3) is 0. The van der Waals surface area contributed by atoms with E-state index in [0.717, 1.165) is 11.4 Å². The van der Waals surface area contributed by atoms with E-state index in [4.69, 9.17) is 4.74 Å². The maximum absolute atomic E-state index is 5.09. The molecule has 2 rings (SSSR count). The van der Waals surface area contributed by atoms with Crippen molar-refractivity contribution in [3.8, 4) is 5.75 Å². The molecule has 0 saturated carbocycles. The van der Waals surface area contributed by atoms with E-state index in [9.17, 15) is 0 Å². The Labute approximate surface area is 58.5 Å². The van der Waals surface area contributed by atoms with Gasteiger partial charge in [0.2, 0.25) is 0 Å². The standard InChI is InChI=1S/C8H5NO/c1-2-4-8-7(3-1)9-5-6-10-8/h1-4,6H. The van der Waals surface area contributed by atoms with Crippen molar-refractivity contribution in [2.45, 2.75) is 0 Å². The Morgan fingerprint density at radius 1 is 1.30 bits per heavy atom. The highest BCUT2D eigenvalue weighted by Gasteiger charge is 2.00. The van der Waals surface area contributed by atoms with Gasteiger partial charge in [0.05, 0.1) is 0 Å². The normalized spacial score (nSPS) is 12.4. The van der Waals surface area contributed by atoms with Gasteiger partial charge in [-0.2, -0.15) is 4.99 Å². The molecule has 10 heavy (non-hydrogen) atoms. The third kappa shape index (κ3) is 0.714. The first-order chi connectivity index (χ1) is 4.97. The molecule has 0 bridgehead atoms. The summed E-state index contributed by atoms with van der Waals surface area (Å²) in [6.07, 6.45) is 1.45. The zero-order valence-electron chi connectivity index (χ0n) is 5.24. The Morgan fingerprint density at radius 3 is 3.10 bits per heavy atom. The summed E-state index contributed by atoms with van der Waals surface area (Å²) in [6, 6.07) is 7.58. The SMILES string of the molecule is C1=COc2ccccc2N=1. The van der Waals surface area contributed by atoms with Crippen molar-refractivity contribution in [2.75, 3.05) is 0 Å². The fourth-order valence-electron chi connectivity index (χ4n) is 0.835. The van der Waals surface area contributed by atoms with Crippen molar-refractivity contribution in [3.05, 3.63) is 30.5 Å². The minimum absolute atomic E-state index is 0.793. The van der Waals surface area contributed by atoms with Gasteiger partial charge < -0.3 is 4.74 Å². The summed E-state index contributed by atoms with van der Waals surface area (Å²) in [5.41, 5.74) is 0.838. The van der Waals surface area contributed by atoms with Crippen molar-refractivity contribution in [1.29, 1.82) is 0 Å². The Bertz CT molecular complexity index is 311. The third-order valence-corrected chi connectivity index (χ3v) is 1.29. The Balaban J connectivity index is 2.63. The second kappa shape index (κ2) is 2.01. The zero-order chi connectivity index (χ0) is 6.81. The molecular weight excluding hydrogens is 126 g/mol. The van der Waals surface area contributed by atoms with E-state index >= 15 is 0 Å². The number of hydrogen-bond acceptors (Lipinski definition) is 2. The molecule has 0 atom stereocenters. The van der Waals surface area contributed by atoms with Gasteiger partial charge in [0.15, 0.2) is 12.0 Å². The van der Waals surface area contributed by atoms with Gasteiger partial charge in [-0.3, -0.25) is 0 Å². The van der Waals surface area contributed by atoms with Crippen LogP contribution in [-0.4, -0.2) is 5.87 Å². The zero-order valence-corrected chi connectivity index (χ0v) is 5.24. The number of hydrogen-bond donors (Lipinski definition) is 0. The lowest BCUT2D eigenvalue weighted by molar-refractivity contribution is 0.486. The highest BCUT2D eigenvalue weighted by atomic mass is 16.5. The monoisotopic (exact) mass is 131 g/mol. The van der Waals surface area contributed by atoms with Gasteiger partial charge in [-0.15, -0.1) is 0 Å². The summed E-state index contributed by atoms with van der Waals surface area (Å²) < 4.78 is 5.09. The van der Waals surface area contributed by atoms with Crippen LogP contribution in [0.1, 0.15) is 0 Å². The van der Waals surface area contributed by atoms with Crippen molar-refractivity contribution >= 4 is 11.6 Å². The molecule has 0 radical (unpaired) electrons. The van der Waals surface area contributed by atoms with E-state index in [-0.39, 0.29) is 0 Å². The average molecular weight is 131 g/mol. The lowest BCUT2D eigenvalue weighted by atomic mass is 10.3. The van der Waals surface area contributed by atoms with Gasteiger partial charge in [0.25, 0.3) is 0 Å². The van der Waals surface area contributed by atoms with Crippen molar-refractivity contribution < 1.29 is 4.74 Å². The van der Waals surface area contributed by atoms with Crippen molar-refractivity contribution in [3.63, 3.8) is 0 Å². The maximum atomic E-state index is 5.09. The predicted molar refractivity (Wildman–Crippen MR) is 38.7 cm³/mol. The van der Waals surface area contributed by atoms with E-state index in [0.29, 0.717) is 0 Å². The summed E-state index contributed by atoms with van der Waals surface area (Å²) in [7, 11) is 0. The number of fused-ring (bicyclic) bond motifs is 1. The quantitative estimate of drug-likeness (QED) is 0.527. The summed E-state index contributed by atoms with van der Waals surface area (Å²) in [4.78, 5) is 3.96. The molecule has 1 aromatic carbocycles. The molecule has 0 aliphatic carbocycles. The van der Waals surface area contributed by atoms with Gasteiger partial charge in [-0.1, -0.05) is 12.1 Å². The molecule has 2 heteroatoms. The summed E-state index contributed by atoms with van der Waals surface area (Å²) in [5, 5.41) is 0.